The van der Waals surface area contributed by atoms with Crippen molar-refractivity contribution in [3.05, 3.63) is 98.3 Å². The fraction of sp³-hybridized carbons (Fsp3) is 0.0769. The monoisotopic (exact) mass is 502 g/mol. The van der Waals surface area contributed by atoms with Crippen LogP contribution in [0.25, 0.3) is 43.9 Å². The Bertz CT molecular complexity index is 2030. The van der Waals surface area contributed by atoms with Crippen molar-refractivity contribution >= 4 is 38.7 Å². The van der Waals surface area contributed by atoms with Crippen LogP contribution in [-0.2, 0) is 6.54 Å². The van der Waals surface area contributed by atoms with Gasteiger partial charge in [0.05, 0.1) is 45.6 Å². The maximum absolute atomic E-state index is 15.2. The van der Waals surface area contributed by atoms with E-state index in [1.54, 1.807) is 6.92 Å². The molecule has 0 spiro atoms. The van der Waals surface area contributed by atoms with Crippen LogP contribution in [0, 0.1) is 18.6 Å². The van der Waals surface area contributed by atoms with Crippen molar-refractivity contribution in [2.75, 3.05) is 0 Å². The Morgan fingerprint density at radius 3 is 2.68 bits per heavy atom. The molecule has 0 saturated heterocycles. The maximum Gasteiger partial charge on any atom is 0.353 e. The average molecular weight is 502 g/mol. The number of hydrogen-bond acceptors (Lipinski definition) is 5. The molecular weight excluding hydrogens is 486 g/mol. The minimum atomic E-state index is -1.43. The van der Waals surface area contributed by atoms with Gasteiger partial charge in [-0.25, -0.2) is 18.6 Å². The van der Waals surface area contributed by atoms with E-state index in [2.05, 4.69) is 15.0 Å². The first-order valence-electron chi connectivity index (χ1n) is 11.1. The van der Waals surface area contributed by atoms with Gasteiger partial charge in [0, 0.05) is 23.4 Å². The van der Waals surface area contributed by atoms with Crippen LogP contribution in [-0.4, -0.2) is 30.6 Å². The van der Waals surface area contributed by atoms with Crippen LogP contribution < -0.4 is 11.1 Å². The molecule has 4 heterocycles. The van der Waals surface area contributed by atoms with Crippen molar-refractivity contribution in [3.63, 3.8) is 0 Å². The van der Waals surface area contributed by atoms with Crippen LogP contribution in [0.5, 0.6) is 0 Å². The number of halogens is 2. The number of carboxylic acids is 1. The summed E-state index contributed by atoms with van der Waals surface area (Å²) in [6.45, 7) is 1.18. The Morgan fingerprint density at radius 2 is 1.92 bits per heavy atom. The molecule has 6 rings (SSSR count). The second kappa shape index (κ2) is 7.98. The first kappa shape index (κ1) is 22.4. The summed E-state index contributed by atoms with van der Waals surface area (Å²) in [7, 11) is 0. The first-order valence-corrected chi connectivity index (χ1v) is 11.1. The number of aromatic nitrogens is 4. The van der Waals surface area contributed by atoms with E-state index in [-0.39, 0.29) is 61.7 Å². The third-order valence-corrected chi connectivity index (χ3v) is 6.33. The Morgan fingerprint density at radius 1 is 1.11 bits per heavy atom. The molecule has 9 nitrogen and oxygen atoms in total. The molecule has 184 valence electrons. The Kier molecular flexibility index (Phi) is 4.83. The molecule has 37 heavy (non-hydrogen) atoms. The van der Waals surface area contributed by atoms with Gasteiger partial charge in [-0.2, -0.15) is 0 Å². The van der Waals surface area contributed by atoms with Crippen LogP contribution in [0.4, 0.5) is 8.78 Å². The lowest BCUT2D eigenvalue weighted by atomic mass is 10.0. The number of hydrogen-bond donors (Lipinski definition) is 3. The number of nitrogens with one attached hydrogen (secondary N) is 2. The second-order valence-corrected chi connectivity index (χ2v) is 8.56. The number of carboxylic acid groups (broad SMARTS) is 1. The van der Waals surface area contributed by atoms with Gasteiger partial charge in [-0.1, -0.05) is 0 Å². The maximum atomic E-state index is 15.2. The number of furan rings is 1. The normalized spacial score (nSPS) is 11.6. The number of rotatable bonds is 4. The number of aromatic carboxylic acids is 1. The highest BCUT2D eigenvalue weighted by atomic mass is 19.1. The highest BCUT2D eigenvalue weighted by Gasteiger charge is 2.29. The SMILES string of the molecule is Cc1nc2cc(F)c(Cn3c(C(=O)O)c(-c4ccc[nH]c4=O)c4c5occc5c(F)cc43)cc2c(=O)[nH]1. The summed E-state index contributed by atoms with van der Waals surface area (Å²) < 4.78 is 37.0. The number of aryl methyl sites for hydroxylation is 1. The Labute approximate surface area is 204 Å². The molecule has 2 aromatic carbocycles. The van der Waals surface area contributed by atoms with Gasteiger partial charge in [0.1, 0.15) is 28.7 Å². The van der Waals surface area contributed by atoms with Crippen molar-refractivity contribution in [2.45, 2.75) is 13.5 Å². The predicted octanol–water partition coefficient (Wildman–Crippen LogP) is 4.31. The number of fused-ring (bicyclic) bond motifs is 4. The lowest BCUT2D eigenvalue weighted by molar-refractivity contribution is 0.0687. The third-order valence-electron chi connectivity index (χ3n) is 6.33. The van der Waals surface area contributed by atoms with Crippen molar-refractivity contribution < 1.29 is 23.1 Å². The van der Waals surface area contributed by atoms with E-state index in [0.29, 0.717) is 5.82 Å². The molecule has 0 fully saturated rings. The molecule has 0 aliphatic rings. The first-order chi connectivity index (χ1) is 17.7. The van der Waals surface area contributed by atoms with E-state index in [4.69, 9.17) is 4.42 Å². The number of pyridine rings is 1. The summed E-state index contributed by atoms with van der Waals surface area (Å²) in [5.74, 6) is -2.53. The summed E-state index contributed by atoms with van der Waals surface area (Å²) >= 11 is 0. The van der Waals surface area contributed by atoms with Gasteiger partial charge in [-0.3, -0.25) is 9.59 Å². The zero-order valence-corrected chi connectivity index (χ0v) is 19.1. The molecule has 4 aromatic heterocycles. The molecule has 0 aliphatic carbocycles. The number of carbonyl (C=O) groups is 1. The minimum absolute atomic E-state index is 0.000589. The van der Waals surface area contributed by atoms with Crippen LogP contribution in [0.2, 0.25) is 0 Å². The molecule has 0 aliphatic heterocycles. The smallest absolute Gasteiger partial charge is 0.353 e. The molecule has 0 radical (unpaired) electrons. The zero-order chi connectivity index (χ0) is 26.0. The third kappa shape index (κ3) is 3.35. The van der Waals surface area contributed by atoms with Crippen LogP contribution in [0.1, 0.15) is 21.9 Å². The predicted molar refractivity (Wildman–Crippen MR) is 131 cm³/mol. The molecule has 3 N–H and O–H groups in total. The summed E-state index contributed by atoms with van der Waals surface area (Å²) in [6.07, 6.45) is 2.65. The van der Waals surface area contributed by atoms with Crippen molar-refractivity contribution in [1.29, 1.82) is 0 Å². The highest BCUT2D eigenvalue weighted by Crippen LogP contribution is 2.40. The van der Waals surface area contributed by atoms with Crippen LogP contribution in [0.3, 0.4) is 0 Å². The van der Waals surface area contributed by atoms with E-state index in [9.17, 15) is 19.5 Å². The molecule has 0 saturated carbocycles. The number of benzene rings is 2. The van der Waals surface area contributed by atoms with Crippen molar-refractivity contribution in [1.82, 2.24) is 19.5 Å². The standard InChI is InChI=1S/C26H16F2N4O5/c1-11-30-18-8-16(27)12(7-15(18)25(34)31-11)10-32-19-9-17(28)13-4-6-37-23(13)21(19)20(22(32)26(35)36)14-3-2-5-29-24(14)33/h2-9H,10H2,1H3,(H,29,33)(H,35,36)(H,30,31,34). The van der Waals surface area contributed by atoms with E-state index >= 15 is 8.78 Å². The molecular formula is C26H16F2N4O5. The molecule has 6 aromatic rings. The van der Waals surface area contributed by atoms with E-state index in [1.807, 2.05) is 0 Å². The van der Waals surface area contributed by atoms with Gasteiger partial charge in [0.2, 0.25) is 0 Å². The van der Waals surface area contributed by atoms with Gasteiger partial charge in [0.15, 0.2) is 0 Å². The highest BCUT2D eigenvalue weighted by molar-refractivity contribution is 6.17. The molecule has 0 unspecified atom stereocenters. The topological polar surface area (TPSA) is 134 Å². The quantitative estimate of drug-likeness (QED) is 0.329. The Balaban J connectivity index is 1.72. The Hall–Kier alpha value is -5.06. The average Bonchev–Trinajstić information content (AvgIpc) is 3.44. The van der Waals surface area contributed by atoms with Gasteiger partial charge < -0.3 is 24.1 Å². The summed E-state index contributed by atoms with van der Waals surface area (Å²) in [5.41, 5.74) is -1.18. The molecule has 11 heteroatoms. The fourth-order valence-electron chi connectivity index (χ4n) is 4.79. The van der Waals surface area contributed by atoms with Crippen molar-refractivity contribution in [3.8, 4) is 11.1 Å². The van der Waals surface area contributed by atoms with Gasteiger partial charge in [-0.15, -0.1) is 0 Å². The van der Waals surface area contributed by atoms with Gasteiger partial charge in [0.25, 0.3) is 11.1 Å². The van der Waals surface area contributed by atoms with E-state index in [0.717, 1.165) is 12.1 Å². The lowest BCUT2D eigenvalue weighted by Gasteiger charge is -2.11. The van der Waals surface area contributed by atoms with Crippen molar-refractivity contribution in [2.24, 2.45) is 0 Å². The summed E-state index contributed by atoms with van der Waals surface area (Å²) in [5, 5.41) is 10.7. The number of H-pyrrole nitrogens is 2. The molecule has 0 amide bonds. The van der Waals surface area contributed by atoms with Gasteiger partial charge in [-0.05, 0) is 37.3 Å². The van der Waals surface area contributed by atoms with E-state index < -0.39 is 28.7 Å². The van der Waals surface area contributed by atoms with Crippen LogP contribution >= 0.6 is 0 Å². The molecule has 0 atom stereocenters. The number of nitrogens with zero attached hydrogens (tertiary/aromatic N) is 2. The summed E-state index contributed by atoms with van der Waals surface area (Å²) in [6, 6.07) is 7.85. The second-order valence-electron chi connectivity index (χ2n) is 8.56. The van der Waals surface area contributed by atoms with E-state index in [1.165, 1.54) is 41.3 Å². The molecule has 0 bridgehead atoms. The zero-order valence-electron chi connectivity index (χ0n) is 19.1. The van der Waals surface area contributed by atoms with Crippen LogP contribution in [0.15, 0.2) is 62.9 Å². The number of aromatic amines is 2. The summed E-state index contributed by atoms with van der Waals surface area (Å²) in [4.78, 5) is 47.0. The van der Waals surface area contributed by atoms with Gasteiger partial charge >= 0.3 is 5.97 Å². The lowest BCUT2D eigenvalue weighted by Crippen LogP contribution is -2.15. The minimum Gasteiger partial charge on any atom is -0.477 e. The largest absolute Gasteiger partial charge is 0.477 e. The fourth-order valence-corrected chi connectivity index (χ4v) is 4.79.